The monoisotopic (exact) mass is 362 g/mol. The van der Waals surface area contributed by atoms with Crippen LogP contribution in [0.4, 0.5) is 0 Å². The van der Waals surface area contributed by atoms with Crippen LogP contribution in [-0.4, -0.2) is 39.6 Å². The van der Waals surface area contributed by atoms with Gasteiger partial charge >= 0.3 is 5.97 Å². The second-order valence-electron chi connectivity index (χ2n) is 7.53. The minimum atomic E-state index is -1.14. The maximum Gasteiger partial charge on any atom is 0.325 e. The van der Waals surface area contributed by atoms with Crippen LogP contribution in [0.25, 0.3) is 0 Å². The third-order valence-corrected chi connectivity index (χ3v) is 4.06. The number of rotatable bonds is 8. The fraction of sp³-hybridized carbons (Fsp3) is 0.526. The van der Waals surface area contributed by atoms with Crippen molar-refractivity contribution in [2.75, 3.05) is 0 Å². The molecule has 0 saturated heterocycles. The lowest BCUT2D eigenvalue weighted by Gasteiger charge is -2.29. The number of nitrogens with one attached hydrogen (secondary N) is 1. The molecule has 0 radical (unpaired) electrons. The van der Waals surface area contributed by atoms with E-state index in [1.807, 2.05) is 20.8 Å². The molecular formula is C19H26N2O5. The van der Waals surface area contributed by atoms with E-state index in [0.717, 1.165) is 0 Å². The number of carboxylic acid groups (broad SMARTS) is 1. The summed E-state index contributed by atoms with van der Waals surface area (Å²) in [7, 11) is 0. The molecule has 26 heavy (non-hydrogen) atoms. The Labute approximate surface area is 153 Å². The smallest absolute Gasteiger partial charge is 0.325 e. The van der Waals surface area contributed by atoms with Crippen LogP contribution >= 0.6 is 0 Å². The molecule has 0 spiro atoms. The predicted molar refractivity (Wildman–Crippen MR) is 95.8 cm³/mol. The van der Waals surface area contributed by atoms with Crippen LogP contribution in [0.1, 0.15) is 57.1 Å². The number of carbonyl (C=O) groups excluding carboxylic acids is 3. The molecular weight excluding hydrogens is 336 g/mol. The highest BCUT2D eigenvalue weighted by Gasteiger charge is 2.34. The Morgan fingerprint density at radius 3 is 2.23 bits per heavy atom. The van der Waals surface area contributed by atoms with E-state index in [-0.39, 0.29) is 24.4 Å². The number of aliphatic carboxylic acids is 1. The summed E-state index contributed by atoms with van der Waals surface area (Å²) in [5.74, 6) is -2.57. The van der Waals surface area contributed by atoms with Crippen molar-refractivity contribution >= 4 is 23.4 Å². The Bertz CT molecular complexity index is 689. The lowest BCUT2D eigenvalue weighted by molar-refractivity contribution is -0.142. The summed E-state index contributed by atoms with van der Waals surface area (Å²) in [5.41, 5.74) is 0.403. The molecule has 1 rings (SSSR count). The number of carbonyl (C=O) groups is 4. The molecule has 1 aromatic heterocycles. The van der Waals surface area contributed by atoms with Crippen molar-refractivity contribution in [1.82, 2.24) is 10.3 Å². The van der Waals surface area contributed by atoms with Gasteiger partial charge < -0.3 is 10.4 Å². The lowest BCUT2D eigenvalue weighted by Crippen LogP contribution is -2.45. The van der Waals surface area contributed by atoms with Crippen LogP contribution in [0.15, 0.2) is 18.3 Å². The summed E-state index contributed by atoms with van der Waals surface area (Å²) in [6.45, 7) is 8.31. The number of hydrogen-bond donors (Lipinski definition) is 2. The van der Waals surface area contributed by atoms with Gasteiger partial charge in [-0.25, -0.2) is 0 Å². The van der Waals surface area contributed by atoms with Gasteiger partial charge in [0.2, 0.25) is 5.91 Å². The Morgan fingerprint density at radius 1 is 1.19 bits per heavy atom. The molecule has 2 N–H and O–H groups in total. The zero-order chi connectivity index (χ0) is 20.1. The standard InChI is InChI=1S/C19H26N2O5/c1-11(22)8-14-7-6-13(10-20-14)16(23)9-15(19(3,4)5)17(24)21-12(2)18(25)26/h6-7,10,12,15H,8-9H2,1-5H3,(H,21,24)(H,25,26)/t12-,15+/m0/s1. The van der Waals surface area contributed by atoms with Gasteiger partial charge in [0.05, 0.1) is 5.92 Å². The number of Topliss-reactive ketones (excluding diaryl/α,β-unsaturated/α-hetero) is 2. The van der Waals surface area contributed by atoms with Crippen LogP contribution < -0.4 is 5.32 Å². The third-order valence-electron chi connectivity index (χ3n) is 4.06. The third kappa shape index (κ3) is 6.38. The van der Waals surface area contributed by atoms with E-state index in [4.69, 9.17) is 5.11 Å². The van der Waals surface area contributed by atoms with E-state index in [2.05, 4.69) is 10.3 Å². The largest absolute Gasteiger partial charge is 0.480 e. The van der Waals surface area contributed by atoms with Crippen LogP contribution in [0.3, 0.4) is 0 Å². The molecule has 2 atom stereocenters. The van der Waals surface area contributed by atoms with Crippen molar-refractivity contribution in [1.29, 1.82) is 0 Å². The number of pyridine rings is 1. The van der Waals surface area contributed by atoms with E-state index >= 15 is 0 Å². The average Bonchev–Trinajstić information content (AvgIpc) is 2.51. The zero-order valence-corrected chi connectivity index (χ0v) is 15.8. The summed E-state index contributed by atoms with van der Waals surface area (Å²) in [6.07, 6.45) is 1.54. The molecule has 0 fully saturated rings. The number of amides is 1. The quantitative estimate of drug-likeness (QED) is 0.684. The first-order valence-corrected chi connectivity index (χ1v) is 8.42. The van der Waals surface area contributed by atoms with Gasteiger partial charge in [-0.3, -0.25) is 24.2 Å². The number of nitrogens with zero attached hydrogens (tertiary/aromatic N) is 1. The maximum atomic E-state index is 12.6. The lowest BCUT2D eigenvalue weighted by atomic mass is 9.76. The Hall–Kier alpha value is -2.57. The van der Waals surface area contributed by atoms with Crippen molar-refractivity contribution in [2.45, 2.75) is 53.5 Å². The summed E-state index contributed by atoms with van der Waals surface area (Å²) in [5, 5.41) is 11.4. The SMILES string of the molecule is CC(=O)Cc1ccc(C(=O)C[C@H](C(=O)N[C@@H](C)C(=O)O)C(C)(C)C)cn1. The normalized spacial score (nSPS) is 13.6. The van der Waals surface area contributed by atoms with Crippen molar-refractivity contribution in [3.8, 4) is 0 Å². The summed E-state index contributed by atoms with van der Waals surface area (Å²) in [4.78, 5) is 51.2. The molecule has 0 unspecified atom stereocenters. The molecule has 1 heterocycles. The molecule has 0 bridgehead atoms. The van der Waals surface area contributed by atoms with Gasteiger partial charge in [0.1, 0.15) is 11.8 Å². The first-order chi connectivity index (χ1) is 11.9. The topological polar surface area (TPSA) is 113 Å². The second-order valence-corrected chi connectivity index (χ2v) is 7.53. The van der Waals surface area contributed by atoms with E-state index < -0.39 is 29.3 Å². The molecule has 0 aliphatic carbocycles. The summed E-state index contributed by atoms with van der Waals surface area (Å²) in [6, 6.07) is 2.17. The summed E-state index contributed by atoms with van der Waals surface area (Å²) >= 11 is 0. The van der Waals surface area contributed by atoms with Gasteiger partial charge in [0.15, 0.2) is 5.78 Å². The van der Waals surface area contributed by atoms with Gasteiger partial charge in [0, 0.05) is 30.3 Å². The minimum absolute atomic E-state index is 0.0198. The fourth-order valence-electron chi connectivity index (χ4n) is 2.42. The molecule has 0 saturated carbocycles. The zero-order valence-electron chi connectivity index (χ0n) is 15.8. The van der Waals surface area contributed by atoms with E-state index in [1.165, 1.54) is 20.0 Å². The molecule has 142 valence electrons. The molecule has 1 aromatic rings. The van der Waals surface area contributed by atoms with Crippen LogP contribution in [-0.2, 0) is 20.8 Å². The van der Waals surface area contributed by atoms with Crippen LogP contribution in [0.2, 0.25) is 0 Å². The number of hydrogen-bond acceptors (Lipinski definition) is 5. The molecule has 0 aliphatic rings. The maximum absolute atomic E-state index is 12.6. The van der Waals surface area contributed by atoms with Gasteiger partial charge in [-0.2, -0.15) is 0 Å². The minimum Gasteiger partial charge on any atom is -0.480 e. The highest BCUT2D eigenvalue weighted by atomic mass is 16.4. The Kier molecular flexibility index (Phi) is 7.18. The average molecular weight is 362 g/mol. The number of ketones is 2. The van der Waals surface area contributed by atoms with Gasteiger partial charge in [-0.15, -0.1) is 0 Å². The summed E-state index contributed by atoms with van der Waals surface area (Å²) < 4.78 is 0. The molecule has 0 aliphatic heterocycles. The van der Waals surface area contributed by atoms with E-state index in [0.29, 0.717) is 11.3 Å². The van der Waals surface area contributed by atoms with E-state index in [1.54, 1.807) is 12.1 Å². The van der Waals surface area contributed by atoms with Gasteiger partial charge in [-0.1, -0.05) is 20.8 Å². The molecule has 1 amide bonds. The Morgan fingerprint density at radius 2 is 1.81 bits per heavy atom. The van der Waals surface area contributed by atoms with Crippen LogP contribution in [0.5, 0.6) is 0 Å². The van der Waals surface area contributed by atoms with Crippen molar-refractivity contribution in [3.63, 3.8) is 0 Å². The predicted octanol–water partition coefficient (Wildman–Crippen LogP) is 2.04. The van der Waals surface area contributed by atoms with Gasteiger partial charge in [0.25, 0.3) is 0 Å². The van der Waals surface area contributed by atoms with Crippen molar-refractivity contribution in [3.05, 3.63) is 29.6 Å². The number of aromatic nitrogens is 1. The first kappa shape index (κ1) is 21.5. The fourth-order valence-corrected chi connectivity index (χ4v) is 2.42. The van der Waals surface area contributed by atoms with E-state index in [9.17, 15) is 19.2 Å². The van der Waals surface area contributed by atoms with Crippen molar-refractivity contribution in [2.24, 2.45) is 11.3 Å². The molecule has 7 heteroatoms. The van der Waals surface area contributed by atoms with Crippen molar-refractivity contribution < 1.29 is 24.3 Å². The van der Waals surface area contributed by atoms with Gasteiger partial charge in [-0.05, 0) is 31.4 Å². The number of carboxylic acids is 1. The highest BCUT2D eigenvalue weighted by molar-refractivity contribution is 5.99. The molecule has 7 nitrogen and oxygen atoms in total. The highest BCUT2D eigenvalue weighted by Crippen LogP contribution is 2.30. The Balaban J connectivity index is 2.91. The first-order valence-electron chi connectivity index (χ1n) is 8.42. The van der Waals surface area contributed by atoms with Crippen LogP contribution in [0, 0.1) is 11.3 Å². The molecule has 0 aromatic carbocycles. The second kappa shape index (κ2) is 8.69.